The van der Waals surface area contributed by atoms with E-state index >= 15 is 0 Å². The molecule has 4 nitrogen and oxygen atoms in total. The van der Waals surface area contributed by atoms with Gasteiger partial charge >= 0.3 is 5.97 Å². The van der Waals surface area contributed by atoms with E-state index in [0.29, 0.717) is 6.42 Å². The number of hydrogen-bond acceptors (Lipinski definition) is 3. The number of aryl methyl sites for hydroxylation is 1. The molecule has 0 aliphatic rings. The summed E-state index contributed by atoms with van der Waals surface area (Å²) in [6.07, 6.45) is 3.92. The lowest BCUT2D eigenvalue weighted by molar-refractivity contribution is -0.136. The predicted octanol–water partition coefficient (Wildman–Crippen LogP) is 1.65. The van der Waals surface area contributed by atoms with Crippen molar-refractivity contribution in [2.45, 2.75) is 12.8 Å². The normalized spacial score (nSPS) is 10.4. The smallest absolute Gasteiger partial charge is 0.303 e. The zero-order valence-electron chi connectivity index (χ0n) is 8.05. The van der Waals surface area contributed by atoms with Crippen LogP contribution in [0.4, 0.5) is 0 Å². The Morgan fingerprint density at radius 2 is 2.27 bits per heavy atom. The van der Waals surface area contributed by atoms with Gasteiger partial charge in [-0.25, -0.2) is 9.97 Å². The maximum absolute atomic E-state index is 10.4. The van der Waals surface area contributed by atoms with Gasteiger partial charge in [-0.15, -0.1) is 0 Å². The Hall–Kier alpha value is -1.97. The van der Waals surface area contributed by atoms with E-state index in [1.807, 2.05) is 18.2 Å². The molecule has 0 spiro atoms. The molecule has 0 atom stereocenters. The number of nitrogens with zero attached hydrogens (tertiary/aromatic N) is 2. The first-order valence-electron chi connectivity index (χ1n) is 4.66. The Kier molecular flexibility index (Phi) is 2.58. The maximum Gasteiger partial charge on any atom is 0.303 e. The SMILES string of the molecule is O=C(O)CCc1ccc2ncncc2c1. The van der Waals surface area contributed by atoms with E-state index in [9.17, 15) is 4.79 Å². The second-order valence-corrected chi connectivity index (χ2v) is 3.31. The molecule has 0 bridgehead atoms. The van der Waals surface area contributed by atoms with Crippen molar-refractivity contribution in [1.29, 1.82) is 0 Å². The fourth-order valence-electron chi connectivity index (χ4n) is 1.44. The minimum Gasteiger partial charge on any atom is -0.481 e. The summed E-state index contributed by atoms with van der Waals surface area (Å²) in [6, 6.07) is 5.71. The third-order valence-corrected chi connectivity index (χ3v) is 2.20. The van der Waals surface area contributed by atoms with Crippen molar-refractivity contribution < 1.29 is 9.90 Å². The molecule has 0 radical (unpaired) electrons. The quantitative estimate of drug-likeness (QED) is 0.821. The van der Waals surface area contributed by atoms with E-state index in [4.69, 9.17) is 5.11 Å². The molecule has 0 saturated carbocycles. The third-order valence-electron chi connectivity index (χ3n) is 2.20. The Morgan fingerprint density at radius 1 is 1.40 bits per heavy atom. The van der Waals surface area contributed by atoms with Gasteiger partial charge in [0.2, 0.25) is 0 Å². The van der Waals surface area contributed by atoms with Gasteiger partial charge in [-0.1, -0.05) is 6.07 Å². The molecule has 76 valence electrons. The summed E-state index contributed by atoms with van der Waals surface area (Å²) in [7, 11) is 0. The van der Waals surface area contributed by atoms with Crippen LogP contribution in [-0.4, -0.2) is 21.0 Å². The Labute approximate surface area is 86.6 Å². The molecule has 15 heavy (non-hydrogen) atoms. The Morgan fingerprint density at radius 3 is 3.07 bits per heavy atom. The van der Waals surface area contributed by atoms with Gasteiger partial charge in [0.15, 0.2) is 0 Å². The number of carboxylic acids is 1. The predicted molar refractivity (Wildman–Crippen MR) is 55.5 cm³/mol. The number of carboxylic acid groups (broad SMARTS) is 1. The summed E-state index contributed by atoms with van der Waals surface area (Å²) in [5.74, 6) is -0.778. The van der Waals surface area contributed by atoms with Crippen LogP contribution in [-0.2, 0) is 11.2 Å². The molecule has 0 amide bonds. The van der Waals surface area contributed by atoms with E-state index in [1.54, 1.807) is 6.20 Å². The average molecular weight is 202 g/mol. The van der Waals surface area contributed by atoms with Gasteiger partial charge in [0, 0.05) is 18.0 Å². The standard InChI is InChI=1S/C11H10N2O2/c14-11(15)4-2-8-1-3-10-9(5-8)6-12-7-13-10/h1,3,5-7H,2,4H2,(H,14,15). The van der Waals surface area contributed by atoms with E-state index in [0.717, 1.165) is 16.5 Å². The Bertz CT molecular complexity index is 497. The van der Waals surface area contributed by atoms with Gasteiger partial charge in [-0.3, -0.25) is 4.79 Å². The van der Waals surface area contributed by atoms with E-state index in [-0.39, 0.29) is 6.42 Å². The fraction of sp³-hybridized carbons (Fsp3) is 0.182. The van der Waals surface area contributed by atoms with Crippen LogP contribution in [0.3, 0.4) is 0 Å². The first-order chi connectivity index (χ1) is 7.25. The first-order valence-corrected chi connectivity index (χ1v) is 4.66. The van der Waals surface area contributed by atoms with Gasteiger partial charge in [0.25, 0.3) is 0 Å². The third kappa shape index (κ3) is 2.28. The number of benzene rings is 1. The molecule has 2 rings (SSSR count). The van der Waals surface area contributed by atoms with Crippen molar-refractivity contribution in [1.82, 2.24) is 9.97 Å². The summed E-state index contributed by atoms with van der Waals surface area (Å²) < 4.78 is 0. The zero-order valence-corrected chi connectivity index (χ0v) is 8.05. The van der Waals surface area contributed by atoms with Gasteiger partial charge in [-0.2, -0.15) is 0 Å². The molecule has 2 aromatic rings. The van der Waals surface area contributed by atoms with Crippen molar-refractivity contribution >= 4 is 16.9 Å². The average Bonchev–Trinajstić information content (AvgIpc) is 2.26. The molecule has 0 aliphatic heterocycles. The summed E-state index contributed by atoms with van der Waals surface area (Å²) in [6.45, 7) is 0. The van der Waals surface area contributed by atoms with Crippen LogP contribution in [0.2, 0.25) is 0 Å². The number of rotatable bonds is 3. The highest BCUT2D eigenvalue weighted by molar-refractivity contribution is 5.78. The van der Waals surface area contributed by atoms with Crippen LogP contribution in [0, 0.1) is 0 Å². The van der Waals surface area contributed by atoms with Crippen molar-refractivity contribution in [3.05, 3.63) is 36.3 Å². The lowest BCUT2D eigenvalue weighted by atomic mass is 10.1. The van der Waals surface area contributed by atoms with Crippen molar-refractivity contribution in [2.75, 3.05) is 0 Å². The summed E-state index contributed by atoms with van der Waals surface area (Å²) in [5.41, 5.74) is 1.88. The fourth-order valence-corrected chi connectivity index (χ4v) is 1.44. The molecule has 1 aromatic heterocycles. The largest absolute Gasteiger partial charge is 0.481 e. The number of aliphatic carboxylic acids is 1. The van der Waals surface area contributed by atoms with Crippen molar-refractivity contribution in [2.24, 2.45) is 0 Å². The lowest BCUT2D eigenvalue weighted by Crippen LogP contribution is -1.97. The number of carbonyl (C=O) groups is 1. The molecule has 4 heteroatoms. The molecule has 0 fully saturated rings. The summed E-state index contributed by atoms with van der Waals surface area (Å²) in [4.78, 5) is 18.4. The number of fused-ring (bicyclic) bond motifs is 1. The van der Waals surface area contributed by atoms with Crippen LogP contribution in [0.15, 0.2) is 30.7 Å². The van der Waals surface area contributed by atoms with E-state index in [1.165, 1.54) is 6.33 Å². The minimum absolute atomic E-state index is 0.152. The Balaban J connectivity index is 2.26. The monoisotopic (exact) mass is 202 g/mol. The zero-order chi connectivity index (χ0) is 10.7. The van der Waals surface area contributed by atoms with Crippen LogP contribution >= 0.6 is 0 Å². The topological polar surface area (TPSA) is 63.1 Å². The molecule has 1 aromatic carbocycles. The van der Waals surface area contributed by atoms with Crippen molar-refractivity contribution in [3.63, 3.8) is 0 Å². The molecular weight excluding hydrogens is 192 g/mol. The summed E-state index contributed by atoms with van der Waals surface area (Å²) in [5, 5.41) is 9.51. The van der Waals surface area contributed by atoms with Crippen LogP contribution in [0.25, 0.3) is 10.9 Å². The van der Waals surface area contributed by atoms with E-state index in [2.05, 4.69) is 9.97 Å². The molecule has 0 aliphatic carbocycles. The molecular formula is C11H10N2O2. The van der Waals surface area contributed by atoms with Crippen LogP contribution in [0.5, 0.6) is 0 Å². The highest BCUT2D eigenvalue weighted by Gasteiger charge is 2.00. The lowest BCUT2D eigenvalue weighted by Gasteiger charge is -2.00. The molecule has 0 unspecified atom stereocenters. The second kappa shape index (κ2) is 4.04. The van der Waals surface area contributed by atoms with Gasteiger partial charge in [-0.05, 0) is 24.1 Å². The molecule has 1 heterocycles. The highest BCUT2D eigenvalue weighted by Crippen LogP contribution is 2.13. The van der Waals surface area contributed by atoms with Gasteiger partial charge < -0.3 is 5.11 Å². The highest BCUT2D eigenvalue weighted by atomic mass is 16.4. The van der Waals surface area contributed by atoms with Gasteiger partial charge in [0.1, 0.15) is 6.33 Å². The van der Waals surface area contributed by atoms with Crippen LogP contribution < -0.4 is 0 Å². The molecule has 1 N–H and O–H groups in total. The van der Waals surface area contributed by atoms with Crippen molar-refractivity contribution in [3.8, 4) is 0 Å². The first kappa shape index (κ1) is 9.58. The molecule has 0 saturated heterocycles. The second-order valence-electron chi connectivity index (χ2n) is 3.31. The number of aromatic nitrogens is 2. The van der Waals surface area contributed by atoms with Gasteiger partial charge in [0.05, 0.1) is 5.52 Å². The van der Waals surface area contributed by atoms with Crippen LogP contribution in [0.1, 0.15) is 12.0 Å². The summed E-state index contributed by atoms with van der Waals surface area (Å²) >= 11 is 0. The van der Waals surface area contributed by atoms with E-state index < -0.39 is 5.97 Å². The maximum atomic E-state index is 10.4. The minimum atomic E-state index is -0.778. The number of hydrogen-bond donors (Lipinski definition) is 1.